The van der Waals surface area contributed by atoms with Gasteiger partial charge in [0.2, 0.25) is 0 Å². The summed E-state index contributed by atoms with van der Waals surface area (Å²) in [6.45, 7) is 1.77. The van der Waals surface area contributed by atoms with Gasteiger partial charge < -0.3 is 18.9 Å². The Hall–Kier alpha value is -2.70. The fraction of sp³-hybridized carbons (Fsp3) is 0.444. The molecule has 31 heavy (non-hydrogen) atoms. The zero-order valence-corrected chi connectivity index (χ0v) is 16.9. The minimum Gasteiger partial charge on any atom is -0.463 e. The van der Waals surface area contributed by atoms with E-state index in [2.05, 4.69) is 0 Å². The van der Waals surface area contributed by atoms with Crippen molar-refractivity contribution in [3.63, 3.8) is 0 Å². The Bertz CT molecular complexity index is 876. The van der Waals surface area contributed by atoms with Gasteiger partial charge in [-0.3, -0.25) is 19.7 Å². The van der Waals surface area contributed by atoms with Crippen LogP contribution in [-0.4, -0.2) is 48.1 Å². The number of esters is 2. The van der Waals surface area contributed by atoms with E-state index in [1.54, 1.807) is 0 Å². The third kappa shape index (κ3) is 6.91. The zero-order chi connectivity index (χ0) is 23.3. The van der Waals surface area contributed by atoms with Crippen LogP contribution in [0.5, 0.6) is 0 Å². The summed E-state index contributed by atoms with van der Waals surface area (Å²) < 4.78 is 61.3. The average molecular weight is 468 g/mol. The molecule has 0 spiro atoms. The second kappa shape index (κ2) is 10.1. The van der Waals surface area contributed by atoms with Gasteiger partial charge in [0, 0.05) is 24.9 Å². The number of carbonyl (C=O) groups excluding carboxylic acids is 2. The Morgan fingerprint density at radius 2 is 1.94 bits per heavy atom. The van der Waals surface area contributed by atoms with Gasteiger partial charge >= 0.3 is 18.1 Å². The van der Waals surface area contributed by atoms with Gasteiger partial charge in [-0.25, -0.2) is 0 Å². The van der Waals surface area contributed by atoms with E-state index in [1.807, 2.05) is 0 Å². The SMILES string of the molecule is CC(=O)OC[C@H]1O[C@H](OC(c2cc(Cl)ccc2[N+](=O)[O-])C(F)(F)F)C=C[C@@H]1OC(C)=O. The van der Waals surface area contributed by atoms with Crippen molar-refractivity contribution < 1.29 is 46.6 Å². The Morgan fingerprint density at radius 3 is 2.48 bits per heavy atom. The summed E-state index contributed by atoms with van der Waals surface area (Å²) in [5.41, 5.74) is -1.67. The molecule has 0 aromatic heterocycles. The number of carbonyl (C=O) groups is 2. The third-order valence-electron chi connectivity index (χ3n) is 3.92. The summed E-state index contributed by atoms with van der Waals surface area (Å²) in [6.07, 6.45) is -9.45. The molecule has 170 valence electrons. The van der Waals surface area contributed by atoms with Gasteiger partial charge in [-0.2, -0.15) is 13.2 Å². The van der Waals surface area contributed by atoms with E-state index in [9.17, 15) is 32.9 Å². The van der Waals surface area contributed by atoms with Crippen LogP contribution in [0.25, 0.3) is 0 Å². The molecule has 0 bridgehead atoms. The Kier molecular flexibility index (Phi) is 7.98. The number of nitro benzene ring substituents is 1. The molecule has 1 heterocycles. The summed E-state index contributed by atoms with van der Waals surface area (Å²) in [4.78, 5) is 32.5. The number of halogens is 4. The van der Waals surface area contributed by atoms with Crippen molar-refractivity contribution in [2.75, 3.05) is 6.61 Å². The minimum absolute atomic E-state index is 0.166. The first-order chi connectivity index (χ1) is 14.4. The van der Waals surface area contributed by atoms with Crippen LogP contribution in [0.2, 0.25) is 5.02 Å². The van der Waals surface area contributed by atoms with Crippen LogP contribution in [0.1, 0.15) is 25.5 Å². The molecule has 0 radical (unpaired) electrons. The van der Waals surface area contributed by atoms with E-state index in [0.29, 0.717) is 0 Å². The fourth-order valence-corrected chi connectivity index (χ4v) is 2.88. The second-order valence-corrected chi connectivity index (χ2v) is 6.76. The molecular formula is C18H17ClF3NO8. The smallest absolute Gasteiger partial charge is 0.419 e. The molecule has 1 aliphatic heterocycles. The molecule has 0 amide bonds. The molecule has 1 aromatic rings. The van der Waals surface area contributed by atoms with Crippen molar-refractivity contribution in [2.45, 2.75) is 44.6 Å². The van der Waals surface area contributed by atoms with E-state index in [1.165, 1.54) is 6.08 Å². The maximum Gasteiger partial charge on any atom is 0.419 e. The number of alkyl halides is 3. The predicted octanol–water partition coefficient (Wildman–Crippen LogP) is 3.64. The number of nitro groups is 1. The van der Waals surface area contributed by atoms with Crippen LogP contribution in [0.15, 0.2) is 30.4 Å². The third-order valence-corrected chi connectivity index (χ3v) is 4.16. The molecule has 0 saturated carbocycles. The van der Waals surface area contributed by atoms with Gasteiger partial charge in [-0.1, -0.05) is 11.6 Å². The first-order valence-electron chi connectivity index (χ1n) is 8.69. The number of ether oxygens (including phenoxy) is 4. The quantitative estimate of drug-likeness (QED) is 0.258. The van der Waals surface area contributed by atoms with Gasteiger partial charge in [0.05, 0.1) is 10.5 Å². The van der Waals surface area contributed by atoms with Crippen LogP contribution in [0.3, 0.4) is 0 Å². The van der Waals surface area contributed by atoms with Crippen LogP contribution in [0, 0.1) is 10.1 Å². The Balaban J connectivity index is 2.33. The summed E-state index contributed by atoms with van der Waals surface area (Å²) in [5.74, 6) is -1.40. The van der Waals surface area contributed by atoms with Crippen molar-refractivity contribution in [1.29, 1.82) is 0 Å². The molecule has 0 fully saturated rings. The molecular weight excluding hydrogens is 451 g/mol. The van der Waals surface area contributed by atoms with Gasteiger partial charge in [-0.15, -0.1) is 0 Å². The van der Waals surface area contributed by atoms with Crippen LogP contribution >= 0.6 is 11.6 Å². The number of nitrogens with zero attached hydrogens (tertiary/aromatic N) is 1. The van der Waals surface area contributed by atoms with Crippen LogP contribution < -0.4 is 0 Å². The van der Waals surface area contributed by atoms with Gasteiger partial charge in [0.15, 0.2) is 12.4 Å². The van der Waals surface area contributed by atoms with Crippen molar-refractivity contribution in [3.05, 3.63) is 51.1 Å². The zero-order valence-electron chi connectivity index (χ0n) is 16.1. The maximum absolute atomic E-state index is 13.7. The molecule has 13 heteroatoms. The van der Waals surface area contributed by atoms with Crippen molar-refractivity contribution >= 4 is 29.2 Å². The van der Waals surface area contributed by atoms with Gasteiger partial charge in [0.1, 0.15) is 18.8 Å². The van der Waals surface area contributed by atoms with Gasteiger partial charge in [0.25, 0.3) is 5.69 Å². The van der Waals surface area contributed by atoms with E-state index in [0.717, 1.165) is 38.1 Å². The highest BCUT2D eigenvalue weighted by atomic mass is 35.5. The normalized spacial score (nSPS) is 21.9. The molecule has 1 aromatic carbocycles. The summed E-state index contributed by atoms with van der Waals surface area (Å²) >= 11 is 5.73. The lowest BCUT2D eigenvalue weighted by Crippen LogP contribution is -2.43. The van der Waals surface area contributed by atoms with E-state index >= 15 is 0 Å². The first-order valence-corrected chi connectivity index (χ1v) is 9.06. The first kappa shape index (κ1) is 24.6. The summed E-state index contributed by atoms with van der Waals surface area (Å²) in [5, 5.41) is 11.0. The number of hydrogen-bond acceptors (Lipinski definition) is 8. The fourth-order valence-electron chi connectivity index (χ4n) is 2.70. The lowest BCUT2D eigenvalue weighted by atomic mass is 10.1. The molecule has 0 saturated heterocycles. The number of rotatable bonds is 7. The topological polar surface area (TPSA) is 114 Å². The monoisotopic (exact) mass is 467 g/mol. The van der Waals surface area contributed by atoms with Gasteiger partial charge in [-0.05, 0) is 24.3 Å². The van der Waals surface area contributed by atoms with Crippen molar-refractivity contribution in [3.8, 4) is 0 Å². The lowest BCUT2D eigenvalue weighted by molar-refractivity contribution is -0.387. The number of benzene rings is 1. The van der Waals surface area contributed by atoms with Crippen molar-refractivity contribution in [1.82, 2.24) is 0 Å². The predicted molar refractivity (Wildman–Crippen MR) is 98.0 cm³/mol. The Morgan fingerprint density at radius 1 is 1.26 bits per heavy atom. The molecule has 2 rings (SSSR count). The van der Waals surface area contributed by atoms with E-state index in [4.69, 9.17) is 30.5 Å². The van der Waals surface area contributed by atoms with Crippen molar-refractivity contribution in [2.24, 2.45) is 0 Å². The molecule has 1 unspecified atom stereocenters. The molecule has 4 atom stereocenters. The lowest BCUT2D eigenvalue weighted by Gasteiger charge is -2.33. The van der Waals surface area contributed by atoms with E-state index in [-0.39, 0.29) is 5.02 Å². The molecule has 0 aliphatic carbocycles. The molecule has 0 N–H and O–H groups in total. The van der Waals surface area contributed by atoms with Crippen LogP contribution in [0.4, 0.5) is 18.9 Å². The highest BCUT2D eigenvalue weighted by Crippen LogP contribution is 2.42. The Labute approximate surface area is 178 Å². The highest BCUT2D eigenvalue weighted by Gasteiger charge is 2.47. The maximum atomic E-state index is 13.7. The molecule has 9 nitrogen and oxygen atoms in total. The largest absolute Gasteiger partial charge is 0.463 e. The summed E-state index contributed by atoms with van der Waals surface area (Å²) in [6, 6.07) is 2.69. The van der Waals surface area contributed by atoms with Crippen LogP contribution in [-0.2, 0) is 28.5 Å². The minimum atomic E-state index is -5.06. The highest BCUT2D eigenvalue weighted by molar-refractivity contribution is 6.30. The van der Waals surface area contributed by atoms with E-state index < -0.39 is 65.5 Å². The molecule has 1 aliphatic rings. The second-order valence-electron chi connectivity index (χ2n) is 6.32. The standard InChI is InChI=1S/C18H17ClF3NO8/c1-9(24)28-8-15-14(29-10(2)25)5-6-16(30-15)31-17(18(20,21)22)12-7-11(19)3-4-13(12)23(26)27/h3-7,14-17H,8H2,1-2H3/t14-,15+,16+,17?/m0/s1. The number of hydrogen-bond donors (Lipinski definition) is 0. The summed E-state index contributed by atoms with van der Waals surface area (Å²) in [7, 11) is 0. The average Bonchev–Trinajstić information content (AvgIpc) is 2.64.